The van der Waals surface area contributed by atoms with Gasteiger partial charge in [0.15, 0.2) is 11.0 Å². The van der Waals surface area contributed by atoms with Crippen LogP contribution < -0.4 is 0 Å². The number of aromatic nitrogens is 3. The van der Waals surface area contributed by atoms with Crippen LogP contribution >= 0.6 is 27.7 Å². The van der Waals surface area contributed by atoms with Gasteiger partial charge in [-0.05, 0) is 17.7 Å². The molecule has 0 spiro atoms. The van der Waals surface area contributed by atoms with Crippen molar-refractivity contribution in [2.45, 2.75) is 17.5 Å². The predicted molar refractivity (Wildman–Crippen MR) is 101 cm³/mol. The summed E-state index contributed by atoms with van der Waals surface area (Å²) in [6, 6.07) is 18.5. The fourth-order valence-corrected chi connectivity index (χ4v) is 3.71. The van der Waals surface area contributed by atoms with E-state index >= 15 is 0 Å². The minimum Gasteiger partial charge on any atom is -0.383 e. The molecule has 0 unspecified atom stereocenters. The first-order valence-electron chi connectivity index (χ1n) is 7.62. The number of nitrogens with zero attached hydrogens (tertiary/aromatic N) is 3. The zero-order valence-electron chi connectivity index (χ0n) is 13.4. The highest BCUT2D eigenvalue weighted by atomic mass is 79.9. The second-order valence-corrected chi connectivity index (χ2v) is 7.09. The van der Waals surface area contributed by atoms with Gasteiger partial charge in [0.25, 0.3) is 0 Å². The van der Waals surface area contributed by atoms with Gasteiger partial charge < -0.3 is 4.74 Å². The maximum absolute atomic E-state index is 5.25. The Morgan fingerprint density at radius 3 is 2.67 bits per heavy atom. The molecule has 4 nitrogen and oxygen atoms in total. The lowest BCUT2D eigenvalue weighted by Crippen LogP contribution is -2.07. The number of hydrogen-bond donors (Lipinski definition) is 0. The van der Waals surface area contributed by atoms with Crippen LogP contribution in [-0.4, -0.2) is 28.5 Å². The molecule has 0 N–H and O–H groups in total. The molecule has 0 fully saturated rings. The Labute approximate surface area is 154 Å². The third-order valence-electron chi connectivity index (χ3n) is 3.52. The van der Waals surface area contributed by atoms with Crippen LogP contribution in [0.5, 0.6) is 0 Å². The second-order valence-electron chi connectivity index (χ2n) is 5.24. The van der Waals surface area contributed by atoms with E-state index in [2.05, 4.69) is 55.0 Å². The highest BCUT2D eigenvalue weighted by molar-refractivity contribution is 9.10. The minimum atomic E-state index is 0.627. The van der Waals surface area contributed by atoms with Gasteiger partial charge >= 0.3 is 0 Å². The van der Waals surface area contributed by atoms with Crippen molar-refractivity contribution in [2.24, 2.45) is 0 Å². The van der Waals surface area contributed by atoms with Gasteiger partial charge in [0, 0.05) is 22.9 Å². The maximum Gasteiger partial charge on any atom is 0.191 e. The molecular weight excluding hydrogens is 386 g/mol. The molecule has 0 aliphatic carbocycles. The number of benzene rings is 2. The van der Waals surface area contributed by atoms with Crippen LogP contribution in [0.4, 0.5) is 0 Å². The van der Waals surface area contributed by atoms with E-state index in [1.165, 1.54) is 5.56 Å². The van der Waals surface area contributed by atoms with Crippen LogP contribution in [0.15, 0.2) is 64.2 Å². The van der Waals surface area contributed by atoms with Crippen LogP contribution in [-0.2, 0) is 17.0 Å². The summed E-state index contributed by atoms with van der Waals surface area (Å²) in [6.45, 7) is 1.36. The molecule has 6 heteroatoms. The Bertz CT molecular complexity index is 792. The normalized spacial score (nSPS) is 10.9. The first-order valence-corrected chi connectivity index (χ1v) is 9.40. The van der Waals surface area contributed by atoms with Crippen LogP contribution in [0, 0.1) is 0 Å². The van der Waals surface area contributed by atoms with E-state index in [9.17, 15) is 0 Å². The number of ether oxygens (including phenoxy) is 1. The first-order chi connectivity index (χ1) is 11.8. The smallest absolute Gasteiger partial charge is 0.191 e. The summed E-state index contributed by atoms with van der Waals surface area (Å²) in [4.78, 5) is 0. The van der Waals surface area contributed by atoms with Crippen LogP contribution in [0.25, 0.3) is 11.4 Å². The van der Waals surface area contributed by atoms with Gasteiger partial charge in [0.2, 0.25) is 0 Å². The molecule has 0 atom stereocenters. The summed E-state index contributed by atoms with van der Waals surface area (Å²) in [7, 11) is 1.71. The van der Waals surface area contributed by atoms with Crippen molar-refractivity contribution >= 4 is 27.7 Å². The highest BCUT2D eigenvalue weighted by Gasteiger charge is 2.14. The number of hydrogen-bond acceptors (Lipinski definition) is 4. The lowest BCUT2D eigenvalue weighted by molar-refractivity contribution is 0.185. The largest absolute Gasteiger partial charge is 0.383 e. The van der Waals surface area contributed by atoms with Crippen molar-refractivity contribution in [1.82, 2.24) is 14.8 Å². The minimum absolute atomic E-state index is 0.627. The average Bonchev–Trinajstić information content (AvgIpc) is 3.02. The zero-order valence-corrected chi connectivity index (χ0v) is 15.8. The molecule has 0 aliphatic rings. The predicted octanol–water partition coefficient (Wildman–Crippen LogP) is 4.65. The van der Waals surface area contributed by atoms with E-state index in [4.69, 9.17) is 4.74 Å². The van der Waals surface area contributed by atoms with Gasteiger partial charge in [-0.3, -0.25) is 4.57 Å². The lowest BCUT2D eigenvalue weighted by atomic mass is 10.2. The zero-order chi connectivity index (χ0) is 16.8. The maximum atomic E-state index is 5.25. The molecule has 0 radical (unpaired) electrons. The molecule has 0 saturated carbocycles. The average molecular weight is 404 g/mol. The topological polar surface area (TPSA) is 39.9 Å². The third-order valence-corrected chi connectivity index (χ3v) is 5.06. The highest BCUT2D eigenvalue weighted by Crippen LogP contribution is 2.27. The van der Waals surface area contributed by atoms with Gasteiger partial charge in [0.05, 0.1) is 13.2 Å². The Morgan fingerprint density at radius 2 is 1.92 bits per heavy atom. The van der Waals surface area contributed by atoms with Crippen molar-refractivity contribution in [3.8, 4) is 11.4 Å². The lowest BCUT2D eigenvalue weighted by Gasteiger charge is -2.09. The molecule has 1 heterocycles. The SMILES string of the molecule is COCCn1c(SCc2cccc(Br)c2)nnc1-c1ccccc1. The van der Waals surface area contributed by atoms with Crippen LogP contribution in [0.2, 0.25) is 0 Å². The van der Waals surface area contributed by atoms with Crippen molar-refractivity contribution in [2.75, 3.05) is 13.7 Å². The monoisotopic (exact) mass is 403 g/mol. The van der Waals surface area contributed by atoms with Crippen molar-refractivity contribution < 1.29 is 4.74 Å². The number of halogens is 1. The van der Waals surface area contributed by atoms with Crippen LogP contribution in [0.1, 0.15) is 5.56 Å². The molecular formula is C18H18BrN3OS. The molecule has 0 aliphatic heterocycles. The van der Waals surface area contributed by atoms with Crippen LogP contribution in [0.3, 0.4) is 0 Å². The summed E-state index contributed by atoms with van der Waals surface area (Å²) in [5.74, 6) is 1.73. The molecule has 124 valence electrons. The Kier molecular flexibility index (Phi) is 6.07. The molecule has 0 saturated heterocycles. The fourth-order valence-electron chi connectivity index (χ4n) is 2.36. The van der Waals surface area contributed by atoms with E-state index < -0.39 is 0 Å². The fraction of sp³-hybridized carbons (Fsp3) is 0.222. The number of rotatable bonds is 7. The Morgan fingerprint density at radius 1 is 1.08 bits per heavy atom. The van der Waals surface area contributed by atoms with E-state index in [0.29, 0.717) is 6.61 Å². The summed E-state index contributed by atoms with van der Waals surface area (Å²) in [5.41, 5.74) is 2.31. The van der Waals surface area contributed by atoms with E-state index in [1.807, 2.05) is 30.3 Å². The van der Waals surface area contributed by atoms with Crippen molar-refractivity contribution in [1.29, 1.82) is 0 Å². The molecule has 2 aromatic carbocycles. The quantitative estimate of drug-likeness (QED) is 0.538. The van der Waals surface area contributed by atoms with E-state index in [1.54, 1.807) is 18.9 Å². The molecule has 0 bridgehead atoms. The molecule has 0 amide bonds. The molecule has 24 heavy (non-hydrogen) atoms. The van der Waals surface area contributed by atoms with E-state index in [0.717, 1.165) is 33.3 Å². The molecule has 1 aromatic heterocycles. The van der Waals surface area contributed by atoms with E-state index in [-0.39, 0.29) is 0 Å². The second kappa shape index (κ2) is 8.46. The molecule has 3 rings (SSSR count). The number of thioether (sulfide) groups is 1. The summed E-state index contributed by atoms with van der Waals surface area (Å²) in [5, 5.41) is 9.70. The van der Waals surface area contributed by atoms with Gasteiger partial charge in [0.1, 0.15) is 0 Å². The summed E-state index contributed by atoms with van der Waals surface area (Å²) >= 11 is 5.20. The Hall–Kier alpha value is -1.63. The third kappa shape index (κ3) is 4.26. The number of methoxy groups -OCH3 is 1. The van der Waals surface area contributed by atoms with Crippen molar-refractivity contribution in [3.05, 3.63) is 64.6 Å². The van der Waals surface area contributed by atoms with Crippen molar-refractivity contribution in [3.63, 3.8) is 0 Å². The first kappa shape index (κ1) is 17.2. The standard InChI is InChI=1S/C18H18BrN3OS/c1-23-11-10-22-17(15-7-3-2-4-8-15)20-21-18(22)24-13-14-6-5-9-16(19)12-14/h2-9,12H,10-11,13H2,1H3. The molecule has 3 aromatic rings. The summed E-state index contributed by atoms with van der Waals surface area (Å²) < 4.78 is 8.46. The van der Waals surface area contributed by atoms with Gasteiger partial charge in [-0.2, -0.15) is 0 Å². The summed E-state index contributed by atoms with van der Waals surface area (Å²) in [6.07, 6.45) is 0. The van der Waals surface area contributed by atoms with Gasteiger partial charge in [-0.1, -0.05) is 70.2 Å². The van der Waals surface area contributed by atoms with Gasteiger partial charge in [-0.25, -0.2) is 0 Å². The van der Waals surface area contributed by atoms with Gasteiger partial charge in [-0.15, -0.1) is 10.2 Å². The Balaban J connectivity index is 1.83.